The number of carbonyl (C=O) groups is 1. The maximum atomic E-state index is 12.4. The van der Waals surface area contributed by atoms with Crippen molar-refractivity contribution in [2.75, 3.05) is 0 Å². The van der Waals surface area contributed by atoms with Crippen molar-refractivity contribution < 1.29 is 22.5 Å². The molecule has 5 nitrogen and oxygen atoms in total. The number of aryl methyl sites for hydroxylation is 1. The summed E-state index contributed by atoms with van der Waals surface area (Å²) in [4.78, 5) is 11.4. The molecule has 0 fully saturated rings. The van der Waals surface area contributed by atoms with E-state index < -0.39 is 16.1 Å². The standard InChI is InChI=1S/C18H14O5S/c1-12-6-8-15(9-7-12)24(21,22)23-17-11-14-5-3-2-4-13(14)10-16(17)18(19)20/h2-11H,1H3,(H,19,20). The number of hydrogen-bond donors (Lipinski definition) is 1. The predicted molar refractivity (Wildman–Crippen MR) is 89.9 cm³/mol. The summed E-state index contributed by atoms with van der Waals surface area (Å²) in [5.74, 6) is -1.46. The number of carboxylic acid groups (broad SMARTS) is 1. The van der Waals surface area contributed by atoms with Gasteiger partial charge in [-0.15, -0.1) is 0 Å². The van der Waals surface area contributed by atoms with E-state index in [0.29, 0.717) is 10.8 Å². The van der Waals surface area contributed by atoms with Gasteiger partial charge in [0.05, 0.1) is 0 Å². The van der Waals surface area contributed by atoms with Crippen LogP contribution in [-0.2, 0) is 10.1 Å². The van der Waals surface area contributed by atoms with Crippen LogP contribution < -0.4 is 4.18 Å². The molecule has 0 spiro atoms. The van der Waals surface area contributed by atoms with Crippen LogP contribution in [0.2, 0.25) is 0 Å². The van der Waals surface area contributed by atoms with Crippen molar-refractivity contribution in [2.24, 2.45) is 0 Å². The van der Waals surface area contributed by atoms with Crippen LogP contribution in [-0.4, -0.2) is 19.5 Å². The normalized spacial score (nSPS) is 11.4. The zero-order valence-electron chi connectivity index (χ0n) is 12.8. The molecule has 3 aromatic rings. The van der Waals surface area contributed by atoms with E-state index in [1.807, 2.05) is 6.92 Å². The van der Waals surface area contributed by atoms with Gasteiger partial charge in [0.2, 0.25) is 0 Å². The molecule has 6 heteroatoms. The molecular weight excluding hydrogens is 328 g/mol. The minimum atomic E-state index is -4.12. The molecule has 24 heavy (non-hydrogen) atoms. The summed E-state index contributed by atoms with van der Waals surface area (Å²) in [6, 6.07) is 16.0. The fourth-order valence-corrected chi connectivity index (χ4v) is 3.27. The zero-order valence-corrected chi connectivity index (χ0v) is 13.6. The third-order valence-electron chi connectivity index (χ3n) is 3.59. The maximum Gasteiger partial charge on any atom is 0.339 e. The van der Waals surface area contributed by atoms with Crippen molar-refractivity contribution in [3.8, 4) is 5.75 Å². The van der Waals surface area contributed by atoms with E-state index in [1.54, 1.807) is 36.4 Å². The molecule has 3 rings (SSSR count). The van der Waals surface area contributed by atoms with E-state index in [4.69, 9.17) is 4.18 Å². The largest absolute Gasteiger partial charge is 0.478 e. The molecule has 0 aromatic heterocycles. The number of benzene rings is 3. The molecule has 0 radical (unpaired) electrons. The van der Waals surface area contributed by atoms with Gasteiger partial charge < -0.3 is 9.29 Å². The molecule has 0 atom stereocenters. The Morgan fingerprint density at radius 1 is 0.958 bits per heavy atom. The van der Waals surface area contributed by atoms with Crippen molar-refractivity contribution in [1.29, 1.82) is 0 Å². The Morgan fingerprint density at radius 3 is 2.12 bits per heavy atom. The lowest BCUT2D eigenvalue weighted by molar-refractivity contribution is 0.0695. The number of fused-ring (bicyclic) bond motifs is 1. The SMILES string of the molecule is Cc1ccc(S(=O)(=O)Oc2cc3ccccc3cc2C(=O)O)cc1. The molecule has 0 bridgehead atoms. The van der Waals surface area contributed by atoms with Crippen LogP contribution in [0, 0.1) is 6.92 Å². The van der Waals surface area contributed by atoms with E-state index in [1.165, 1.54) is 24.3 Å². The summed E-state index contributed by atoms with van der Waals surface area (Å²) in [6.07, 6.45) is 0. The van der Waals surface area contributed by atoms with E-state index in [9.17, 15) is 18.3 Å². The smallest absolute Gasteiger partial charge is 0.339 e. The lowest BCUT2D eigenvalue weighted by atomic mass is 10.1. The summed E-state index contributed by atoms with van der Waals surface area (Å²) in [6.45, 7) is 1.84. The van der Waals surface area contributed by atoms with Crippen LogP contribution >= 0.6 is 0 Å². The minimum Gasteiger partial charge on any atom is -0.478 e. The highest BCUT2D eigenvalue weighted by molar-refractivity contribution is 7.87. The molecule has 0 unspecified atom stereocenters. The molecule has 0 saturated carbocycles. The number of hydrogen-bond acceptors (Lipinski definition) is 4. The molecule has 3 aromatic carbocycles. The van der Waals surface area contributed by atoms with Gasteiger partial charge in [-0.05, 0) is 42.0 Å². The minimum absolute atomic E-state index is 0.0300. The maximum absolute atomic E-state index is 12.4. The molecule has 0 aliphatic rings. The van der Waals surface area contributed by atoms with Gasteiger partial charge in [0.1, 0.15) is 10.5 Å². The van der Waals surface area contributed by atoms with Crippen molar-refractivity contribution >= 4 is 26.9 Å². The van der Waals surface area contributed by atoms with Gasteiger partial charge in [-0.25, -0.2) is 4.79 Å². The van der Waals surface area contributed by atoms with E-state index in [2.05, 4.69) is 0 Å². The fraction of sp³-hybridized carbons (Fsp3) is 0.0556. The van der Waals surface area contributed by atoms with Crippen LogP contribution in [0.15, 0.2) is 65.6 Å². The summed E-state index contributed by atoms with van der Waals surface area (Å²) in [7, 11) is -4.12. The highest BCUT2D eigenvalue weighted by Gasteiger charge is 2.21. The lowest BCUT2D eigenvalue weighted by Crippen LogP contribution is -2.12. The van der Waals surface area contributed by atoms with Crippen LogP contribution in [0.25, 0.3) is 10.8 Å². The van der Waals surface area contributed by atoms with E-state index in [0.717, 1.165) is 5.56 Å². The molecule has 122 valence electrons. The number of rotatable bonds is 4. The number of aromatic carboxylic acids is 1. The molecule has 1 N–H and O–H groups in total. The van der Waals surface area contributed by atoms with Gasteiger partial charge in [0.15, 0.2) is 5.75 Å². The fourth-order valence-electron chi connectivity index (χ4n) is 2.33. The third kappa shape index (κ3) is 3.09. The van der Waals surface area contributed by atoms with Crippen molar-refractivity contribution in [3.63, 3.8) is 0 Å². The summed E-state index contributed by atoms with van der Waals surface area (Å²) < 4.78 is 29.9. The second kappa shape index (κ2) is 5.98. The first-order valence-electron chi connectivity index (χ1n) is 7.14. The highest BCUT2D eigenvalue weighted by atomic mass is 32.2. The Labute approximate surface area is 139 Å². The third-order valence-corrected chi connectivity index (χ3v) is 4.84. The van der Waals surface area contributed by atoms with E-state index in [-0.39, 0.29) is 16.2 Å². The van der Waals surface area contributed by atoms with Crippen LogP contribution in [0.3, 0.4) is 0 Å². The van der Waals surface area contributed by atoms with Crippen LogP contribution in [0.1, 0.15) is 15.9 Å². The molecule has 0 heterocycles. The van der Waals surface area contributed by atoms with Crippen molar-refractivity contribution in [2.45, 2.75) is 11.8 Å². The summed E-state index contributed by atoms with van der Waals surface area (Å²) >= 11 is 0. The quantitative estimate of drug-likeness (QED) is 0.733. The molecular formula is C18H14O5S. The molecule has 0 amide bonds. The van der Waals surface area contributed by atoms with Crippen LogP contribution in [0.5, 0.6) is 5.75 Å². The number of carboxylic acids is 1. The lowest BCUT2D eigenvalue weighted by Gasteiger charge is -2.11. The van der Waals surface area contributed by atoms with Gasteiger partial charge in [-0.2, -0.15) is 8.42 Å². The second-order valence-corrected chi connectivity index (χ2v) is 6.90. The summed E-state index contributed by atoms with van der Waals surface area (Å²) in [5.41, 5.74) is 0.704. The Bertz CT molecular complexity index is 1020. The van der Waals surface area contributed by atoms with Gasteiger partial charge in [-0.3, -0.25) is 0 Å². The van der Waals surface area contributed by atoms with Gasteiger partial charge in [0, 0.05) is 0 Å². The Kier molecular flexibility index (Phi) is 3.99. The second-order valence-electron chi connectivity index (χ2n) is 5.35. The molecule has 0 aliphatic carbocycles. The van der Waals surface area contributed by atoms with Crippen molar-refractivity contribution in [1.82, 2.24) is 0 Å². The molecule has 0 saturated heterocycles. The summed E-state index contributed by atoms with van der Waals surface area (Å²) in [5, 5.41) is 10.7. The van der Waals surface area contributed by atoms with Gasteiger partial charge in [0.25, 0.3) is 0 Å². The van der Waals surface area contributed by atoms with Gasteiger partial charge >= 0.3 is 16.1 Å². The van der Waals surface area contributed by atoms with Gasteiger partial charge in [-0.1, -0.05) is 42.0 Å². The first kappa shape index (κ1) is 16.0. The monoisotopic (exact) mass is 342 g/mol. The van der Waals surface area contributed by atoms with E-state index >= 15 is 0 Å². The Hall–Kier alpha value is -2.86. The first-order chi connectivity index (χ1) is 11.4. The van der Waals surface area contributed by atoms with Crippen molar-refractivity contribution in [3.05, 3.63) is 71.8 Å². The Morgan fingerprint density at radius 2 is 1.54 bits per heavy atom. The zero-order chi connectivity index (χ0) is 17.3. The average molecular weight is 342 g/mol. The first-order valence-corrected chi connectivity index (χ1v) is 8.55. The topological polar surface area (TPSA) is 80.7 Å². The Balaban J connectivity index is 2.09. The average Bonchev–Trinajstić information content (AvgIpc) is 2.54. The highest BCUT2D eigenvalue weighted by Crippen LogP contribution is 2.29. The predicted octanol–water partition coefficient (Wildman–Crippen LogP) is 3.61. The van der Waals surface area contributed by atoms with Crippen LogP contribution in [0.4, 0.5) is 0 Å². The molecule has 0 aliphatic heterocycles.